The van der Waals surface area contributed by atoms with Crippen LogP contribution in [-0.4, -0.2) is 4.98 Å². The molecule has 1 heterocycles. The molecule has 0 fully saturated rings. The summed E-state index contributed by atoms with van der Waals surface area (Å²) in [6, 6.07) is 10.4. The summed E-state index contributed by atoms with van der Waals surface area (Å²) in [7, 11) is 0. The van der Waals surface area contributed by atoms with Crippen molar-refractivity contribution >= 4 is 0 Å². The Balaban J connectivity index is 1.82. The van der Waals surface area contributed by atoms with E-state index in [4.69, 9.17) is 10.8 Å². The zero-order valence-electron chi connectivity index (χ0n) is 10.4. The molecule has 0 saturated carbocycles. The normalized spacial score (nSPS) is 10.2. The van der Waals surface area contributed by atoms with E-state index in [-0.39, 0.29) is 0 Å². The Labute approximate surface area is 108 Å². The van der Waals surface area contributed by atoms with E-state index in [0.29, 0.717) is 0 Å². The number of aryl methyl sites for hydroxylation is 3. The lowest BCUT2D eigenvalue weighted by atomic mass is 10.1. The maximum atomic E-state index is 5.67. The highest BCUT2D eigenvalue weighted by Gasteiger charge is 2.04. The van der Waals surface area contributed by atoms with Gasteiger partial charge >= 0.3 is 0 Å². The van der Waals surface area contributed by atoms with Crippen LogP contribution in [0.4, 0.5) is 0 Å². The standard InChI is InChI=1S/C16H17NO/c1-2-3-5-10-15-13-17-16(18-15)12-11-14-8-6-4-7-9-14/h1,4,6-9,13H,3,5,10-12H2. The fourth-order valence-corrected chi connectivity index (χ4v) is 1.84. The van der Waals surface area contributed by atoms with Crippen LogP contribution < -0.4 is 0 Å². The Morgan fingerprint density at radius 3 is 2.72 bits per heavy atom. The van der Waals surface area contributed by atoms with E-state index in [1.165, 1.54) is 5.56 Å². The van der Waals surface area contributed by atoms with Crippen molar-refractivity contribution in [1.82, 2.24) is 4.98 Å². The third-order valence-corrected chi connectivity index (χ3v) is 2.82. The highest BCUT2D eigenvalue weighted by atomic mass is 16.4. The molecule has 2 heteroatoms. The third-order valence-electron chi connectivity index (χ3n) is 2.82. The molecule has 0 amide bonds. The average Bonchev–Trinajstić information content (AvgIpc) is 2.86. The quantitative estimate of drug-likeness (QED) is 0.570. The first-order valence-electron chi connectivity index (χ1n) is 6.29. The van der Waals surface area contributed by atoms with Gasteiger partial charge in [0.15, 0.2) is 5.89 Å². The van der Waals surface area contributed by atoms with Gasteiger partial charge in [-0.3, -0.25) is 0 Å². The van der Waals surface area contributed by atoms with Gasteiger partial charge in [0.2, 0.25) is 0 Å². The predicted molar refractivity (Wildman–Crippen MR) is 72.1 cm³/mol. The van der Waals surface area contributed by atoms with E-state index in [9.17, 15) is 0 Å². The second-order valence-electron chi connectivity index (χ2n) is 4.26. The van der Waals surface area contributed by atoms with Crippen LogP contribution >= 0.6 is 0 Å². The van der Waals surface area contributed by atoms with Gasteiger partial charge in [-0.05, 0) is 18.4 Å². The van der Waals surface area contributed by atoms with Crippen LogP contribution in [0.1, 0.15) is 30.1 Å². The molecule has 2 rings (SSSR count). The van der Waals surface area contributed by atoms with Crippen molar-refractivity contribution in [2.24, 2.45) is 0 Å². The Morgan fingerprint density at radius 1 is 1.11 bits per heavy atom. The summed E-state index contributed by atoms with van der Waals surface area (Å²) in [5.41, 5.74) is 1.31. The zero-order valence-corrected chi connectivity index (χ0v) is 10.4. The van der Waals surface area contributed by atoms with Crippen LogP contribution in [0.15, 0.2) is 40.9 Å². The molecule has 0 unspecified atom stereocenters. The minimum Gasteiger partial charge on any atom is -0.446 e. The number of aromatic nitrogens is 1. The molecule has 2 aromatic rings. The van der Waals surface area contributed by atoms with Crippen molar-refractivity contribution in [3.63, 3.8) is 0 Å². The molecule has 1 aromatic heterocycles. The van der Waals surface area contributed by atoms with Crippen LogP contribution in [0, 0.1) is 12.3 Å². The largest absolute Gasteiger partial charge is 0.446 e. The zero-order chi connectivity index (χ0) is 12.6. The number of nitrogens with zero attached hydrogens (tertiary/aromatic N) is 1. The summed E-state index contributed by atoms with van der Waals surface area (Å²) in [5, 5.41) is 0. The van der Waals surface area contributed by atoms with E-state index in [0.717, 1.165) is 43.8 Å². The van der Waals surface area contributed by atoms with Gasteiger partial charge in [0.25, 0.3) is 0 Å². The van der Waals surface area contributed by atoms with Gasteiger partial charge in [-0.15, -0.1) is 12.3 Å². The number of rotatable bonds is 6. The molecule has 18 heavy (non-hydrogen) atoms. The van der Waals surface area contributed by atoms with Crippen molar-refractivity contribution in [2.75, 3.05) is 0 Å². The number of oxazole rings is 1. The van der Waals surface area contributed by atoms with Gasteiger partial charge in [-0.1, -0.05) is 30.3 Å². The van der Waals surface area contributed by atoms with Crippen molar-refractivity contribution in [3.05, 3.63) is 53.7 Å². The first-order valence-corrected chi connectivity index (χ1v) is 6.29. The van der Waals surface area contributed by atoms with Crippen molar-refractivity contribution in [3.8, 4) is 12.3 Å². The Kier molecular flexibility index (Phi) is 4.60. The predicted octanol–water partition coefficient (Wildman–Crippen LogP) is 3.42. The Hall–Kier alpha value is -2.01. The van der Waals surface area contributed by atoms with E-state index >= 15 is 0 Å². The maximum Gasteiger partial charge on any atom is 0.194 e. The van der Waals surface area contributed by atoms with Crippen molar-refractivity contribution in [1.29, 1.82) is 0 Å². The molecule has 0 bridgehead atoms. The van der Waals surface area contributed by atoms with Gasteiger partial charge in [0, 0.05) is 19.3 Å². The second kappa shape index (κ2) is 6.66. The lowest BCUT2D eigenvalue weighted by molar-refractivity contribution is 0.450. The van der Waals surface area contributed by atoms with Gasteiger partial charge < -0.3 is 4.42 Å². The van der Waals surface area contributed by atoms with Gasteiger partial charge in [0.1, 0.15) is 5.76 Å². The molecule has 92 valence electrons. The fourth-order valence-electron chi connectivity index (χ4n) is 1.84. The highest BCUT2D eigenvalue weighted by molar-refractivity contribution is 5.15. The molecule has 0 radical (unpaired) electrons. The smallest absolute Gasteiger partial charge is 0.194 e. The van der Waals surface area contributed by atoms with E-state index in [1.807, 2.05) is 12.3 Å². The summed E-state index contributed by atoms with van der Waals surface area (Å²) in [6.07, 6.45) is 11.5. The van der Waals surface area contributed by atoms with E-state index in [1.54, 1.807) is 0 Å². The summed E-state index contributed by atoms with van der Waals surface area (Å²) >= 11 is 0. The lowest BCUT2D eigenvalue weighted by Crippen LogP contribution is -1.90. The SMILES string of the molecule is C#CCCCc1cnc(CCc2ccccc2)o1. The molecule has 0 saturated heterocycles. The third kappa shape index (κ3) is 3.78. The summed E-state index contributed by atoms with van der Waals surface area (Å²) in [5.74, 6) is 4.38. The van der Waals surface area contributed by atoms with E-state index in [2.05, 4.69) is 35.2 Å². The number of unbranched alkanes of at least 4 members (excludes halogenated alkanes) is 1. The monoisotopic (exact) mass is 239 g/mol. The Morgan fingerprint density at radius 2 is 1.94 bits per heavy atom. The molecule has 0 aliphatic heterocycles. The molecule has 1 aromatic carbocycles. The molecule has 0 N–H and O–H groups in total. The van der Waals surface area contributed by atoms with Crippen LogP contribution in [-0.2, 0) is 19.3 Å². The van der Waals surface area contributed by atoms with Crippen LogP contribution in [0.5, 0.6) is 0 Å². The number of hydrogen-bond donors (Lipinski definition) is 0. The minimum atomic E-state index is 0.792. The number of hydrogen-bond acceptors (Lipinski definition) is 2. The molecule has 0 aliphatic carbocycles. The molecule has 0 spiro atoms. The Bertz CT molecular complexity index is 507. The summed E-state index contributed by atoms with van der Waals surface area (Å²) in [6.45, 7) is 0. The number of benzene rings is 1. The number of terminal acetylenes is 1. The highest BCUT2D eigenvalue weighted by Crippen LogP contribution is 2.10. The lowest BCUT2D eigenvalue weighted by Gasteiger charge is -1.97. The topological polar surface area (TPSA) is 26.0 Å². The average molecular weight is 239 g/mol. The molecule has 2 nitrogen and oxygen atoms in total. The fraction of sp³-hybridized carbons (Fsp3) is 0.312. The molecule has 0 aliphatic rings. The van der Waals surface area contributed by atoms with Gasteiger partial charge in [-0.25, -0.2) is 4.98 Å². The van der Waals surface area contributed by atoms with Crippen molar-refractivity contribution in [2.45, 2.75) is 32.1 Å². The first kappa shape index (κ1) is 12.4. The van der Waals surface area contributed by atoms with Crippen LogP contribution in [0.25, 0.3) is 0 Å². The molecular weight excluding hydrogens is 222 g/mol. The van der Waals surface area contributed by atoms with Crippen molar-refractivity contribution < 1.29 is 4.42 Å². The van der Waals surface area contributed by atoms with Gasteiger partial charge in [-0.2, -0.15) is 0 Å². The van der Waals surface area contributed by atoms with Crippen LogP contribution in [0.3, 0.4) is 0 Å². The molecular formula is C16H17NO. The second-order valence-corrected chi connectivity index (χ2v) is 4.26. The summed E-state index contributed by atoms with van der Waals surface area (Å²) in [4.78, 5) is 4.29. The van der Waals surface area contributed by atoms with Gasteiger partial charge in [0.05, 0.1) is 6.20 Å². The van der Waals surface area contributed by atoms with E-state index < -0.39 is 0 Å². The maximum absolute atomic E-state index is 5.67. The molecule has 0 atom stereocenters. The summed E-state index contributed by atoms with van der Waals surface area (Å²) < 4.78 is 5.67. The first-order chi connectivity index (χ1) is 8.88. The van der Waals surface area contributed by atoms with Crippen LogP contribution in [0.2, 0.25) is 0 Å². The minimum absolute atomic E-state index is 0.792.